The Kier molecular flexibility index (Phi) is 5.92. The molecule has 0 spiro atoms. The lowest BCUT2D eigenvalue weighted by Crippen LogP contribution is -2.01. The molecular formula is C47H27N3O. The molecule has 2 heterocycles. The van der Waals surface area contributed by atoms with E-state index in [4.69, 9.17) is 19.4 Å². The fourth-order valence-electron chi connectivity index (χ4n) is 7.97. The molecule has 2 aromatic heterocycles. The number of hydrogen-bond donors (Lipinski definition) is 0. The lowest BCUT2D eigenvalue weighted by Gasteiger charge is -2.16. The first kappa shape index (κ1) is 28.0. The number of nitrogens with zero attached hydrogens (tertiary/aromatic N) is 3. The minimum Gasteiger partial charge on any atom is -0.456 e. The summed E-state index contributed by atoms with van der Waals surface area (Å²) in [4.78, 5) is 15.9. The van der Waals surface area contributed by atoms with Crippen LogP contribution in [0.25, 0.3) is 110 Å². The van der Waals surface area contributed by atoms with Crippen LogP contribution < -0.4 is 0 Å². The van der Waals surface area contributed by atoms with E-state index in [1.165, 1.54) is 10.8 Å². The van der Waals surface area contributed by atoms with E-state index < -0.39 is 0 Å². The largest absolute Gasteiger partial charge is 0.456 e. The molecule has 0 saturated carbocycles. The summed E-state index contributed by atoms with van der Waals surface area (Å²) in [5.74, 6) is 1.86. The number of fused-ring (bicyclic) bond motifs is 11. The molecule has 0 aliphatic heterocycles. The number of aromatic nitrogens is 3. The summed E-state index contributed by atoms with van der Waals surface area (Å²) in [5, 5.41) is 13.4. The smallest absolute Gasteiger partial charge is 0.165 e. The fraction of sp³-hybridized carbons (Fsp3) is 0. The van der Waals surface area contributed by atoms with Crippen LogP contribution in [0.3, 0.4) is 0 Å². The van der Waals surface area contributed by atoms with Crippen LogP contribution in [-0.4, -0.2) is 15.0 Å². The first-order valence-corrected chi connectivity index (χ1v) is 17.2. The van der Waals surface area contributed by atoms with Crippen molar-refractivity contribution in [3.8, 4) is 34.2 Å². The van der Waals surface area contributed by atoms with Crippen LogP contribution >= 0.6 is 0 Å². The standard InChI is InChI=1S/C47H27N3O/c1-2-14-29(15-3-1)45-48-46(37-24-12-18-28-13-6-7-19-32(28)37)50-47(49-45)44-42-36-23-11-10-21-34(36)33-20-8-9-22-35(33)38(42)27-41-43(44)39-25-30-16-4-5-17-31(30)26-40(39)51-41/h1-27H. The summed E-state index contributed by atoms with van der Waals surface area (Å²) in [6, 6.07) is 57.3. The molecule has 11 aromatic rings. The number of hydrogen-bond acceptors (Lipinski definition) is 4. The van der Waals surface area contributed by atoms with E-state index in [2.05, 4.69) is 146 Å². The second kappa shape index (κ2) is 10.8. The zero-order chi connectivity index (χ0) is 33.5. The zero-order valence-corrected chi connectivity index (χ0v) is 27.3. The minimum absolute atomic E-state index is 0.610. The molecule has 9 aromatic carbocycles. The van der Waals surface area contributed by atoms with Gasteiger partial charge in [0.1, 0.15) is 11.2 Å². The maximum Gasteiger partial charge on any atom is 0.165 e. The van der Waals surface area contributed by atoms with Gasteiger partial charge in [-0.2, -0.15) is 0 Å². The Labute approximate surface area is 292 Å². The summed E-state index contributed by atoms with van der Waals surface area (Å²) in [6.45, 7) is 0. The van der Waals surface area contributed by atoms with Gasteiger partial charge in [0.25, 0.3) is 0 Å². The molecule has 0 bridgehead atoms. The molecule has 0 aliphatic rings. The van der Waals surface area contributed by atoms with Crippen molar-refractivity contribution in [2.45, 2.75) is 0 Å². The molecule has 4 heteroatoms. The van der Waals surface area contributed by atoms with Crippen LogP contribution in [0, 0.1) is 0 Å². The van der Waals surface area contributed by atoms with Gasteiger partial charge < -0.3 is 4.42 Å². The Morgan fingerprint density at radius 1 is 0.333 bits per heavy atom. The Hall–Kier alpha value is -6.91. The molecule has 51 heavy (non-hydrogen) atoms. The van der Waals surface area contributed by atoms with E-state index in [-0.39, 0.29) is 0 Å². The summed E-state index contributed by atoms with van der Waals surface area (Å²) in [6.07, 6.45) is 0. The van der Waals surface area contributed by atoms with E-state index in [1.54, 1.807) is 0 Å². The van der Waals surface area contributed by atoms with Gasteiger partial charge in [0.2, 0.25) is 0 Å². The molecule has 0 saturated heterocycles. The quantitative estimate of drug-likeness (QED) is 0.179. The predicted molar refractivity (Wildman–Crippen MR) is 211 cm³/mol. The molecule has 0 atom stereocenters. The highest BCUT2D eigenvalue weighted by Gasteiger charge is 2.24. The number of furan rings is 1. The normalized spacial score (nSPS) is 11.9. The summed E-state index contributed by atoms with van der Waals surface area (Å²) < 4.78 is 6.81. The third-order valence-corrected chi connectivity index (χ3v) is 10.3. The monoisotopic (exact) mass is 649 g/mol. The van der Waals surface area contributed by atoms with E-state index in [0.29, 0.717) is 17.5 Å². The van der Waals surface area contributed by atoms with Crippen molar-refractivity contribution in [1.82, 2.24) is 15.0 Å². The summed E-state index contributed by atoms with van der Waals surface area (Å²) in [5.41, 5.74) is 4.47. The van der Waals surface area contributed by atoms with Crippen molar-refractivity contribution >= 4 is 75.8 Å². The molecule has 0 fully saturated rings. The van der Waals surface area contributed by atoms with Gasteiger partial charge in [-0.15, -0.1) is 0 Å². The first-order valence-electron chi connectivity index (χ1n) is 17.2. The molecule has 11 rings (SSSR count). The lowest BCUT2D eigenvalue weighted by molar-refractivity contribution is 0.670. The molecule has 0 radical (unpaired) electrons. The maximum atomic E-state index is 6.81. The zero-order valence-electron chi connectivity index (χ0n) is 27.3. The Morgan fingerprint density at radius 3 is 1.69 bits per heavy atom. The van der Waals surface area contributed by atoms with E-state index in [1.807, 2.05) is 18.2 Å². The second-order valence-corrected chi connectivity index (χ2v) is 13.1. The van der Waals surface area contributed by atoms with Gasteiger partial charge in [0.05, 0.1) is 0 Å². The molecule has 0 amide bonds. The van der Waals surface area contributed by atoms with E-state index >= 15 is 0 Å². The van der Waals surface area contributed by atoms with Crippen LogP contribution in [0.2, 0.25) is 0 Å². The highest BCUT2D eigenvalue weighted by Crippen LogP contribution is 2.47. The Bertz CT molecular complexity index is 3190. The molecular weight excluding hydrogens is 623 g/mol. The van der Waals surface area contributed by atoms with Crippen molar-refractivity contribution in [3.05, 3.63) is 164 Å². The van der Waals surface area contributed by atoms with E-state index in [9.17, 15) is 0 Å². The molecule has 0 aliphatic carbocycles. The van der Waals surface area contributed by atoms with Gasteiger partial charge in [-0.25, -0.2) is 15.0 Å². The average Bonchev–Trinajstić information content (AvgIpc) is 3.56. The van der Waals surface area contributed by atoms with Crippen molar-refractivity contribution in [2.24, 2.45) is 0 Å². The van der Waals surface area contributed by atoms with Crippen LogP contribution in [-0.2, 0) is 0 Å². The molecule has 236 valence electrons. The third kappa shape index (κ3) is 4.23. The average molecular weight is 650 g/mol. The summed E-state index contributed by atoms with van der Waals surface area (Å²) in [7, 11) is 0. The minimum atomic E-state index is 0.610. The Balaban J connectivity index is 1.37. The van der Waals surface area contributed by atoms with Crippen molar-refractivity contribution in [2.75, 3.05) is 0 Å². The number of rotatable bonds is 3. The summed E-state index contributed by atoms with van der Waals surface area (Å²) >= 11 is 0. The van der Waals surface area contributed by atoms with Crippen molar-refractivity contribution in [1.29, 1.82) is 0 Å². The van der Waals surface area contributed by atoms with Crippen molar-refractivity contribution in [3.63, 3.8) is 0 Å². The second-order valence-electron chi connectivity index (χ2n) is 13.1. The third-order valence-electron chi connectivity index (χ3n) is 10.3. The van der Waals surface area contributed by atoms with Crippen LogP contribution in [0.15, 0.2) is 168 Å². The molecule has 0 N–H and O–H groups in total. The number of benzene rings is 9. The first-order chi connectivity index (χ1) is 25.3. The van der Waals surface area contributed by atoms with Gasteiger partial charge in [0, 0.05) is 32.8 Å². The van der Waals surface area contributed by atoms with Crippen LogP contribution in [0.1, 0.15) is 0 Å². The van der Waals surface area contributed by atoms with Gasteiger partial charge in [-0.05, 0) is 66.7 Å². The highest BCUT2D eigenvalue weighted by molar-refractivity contribution is 6.33. The topological polar surface area (TPSA) is 51.8 Å². The van der Waals surface area contributed by atoms with Crippen LogP contribution in [0.4, 0.5) is 0 Å². The highest BCUT2D eigenvalue weighted by atomic mass is 16.3. The molecule has 4 nitrogen and oxygen atoms in total. The van der Waals surface area contributed by atoms with Crippen LogP contribution in [0.5, 0.6) is 0 Å². The SMILES string of the molecule is c1ccc(-c2nc(-c3cccc4ccccc34)nc(-c3c4c(cc5c6ccccc6c6ccccc6c35)oc3cc5ccccc5cc34)n2)cc1. The van der Waals surface area contributed by atoms with Crippen molar-refractivity contribution < 1.29 is 4.42 Å². The molecule has 0 unspecified atom stereocenters. The predicted octanol–water partition coefficient (Wildman–Crippen LogP) is 12.5. The van der Waals surface area contributed by atoms with Gasteiger partial charge in [-0.3, -0.25) is 0 Å². The van der Waals surface area contributed by atoms with Gasteiger partial charge in [-0.1, -0.05) is 146 Å². The Morgan fingerprint density at radius 2 is 0.902 bits per heavy atom. The van der Waals surface area contributed by atoms with E-state index in [0.717, 1.165) is 81.7 Å². The van der Waals surface area contributed by atoms with Gasteiger partial charge in [0.15, 0.2) is 17.5 Å². The fourth-order valence-corrected chi connectivity index (χ4v) is 7.97. The lowest BCUT2D eigenvalue weighted by atomic mass is 9.89. The van der Waals surface area contributed by atoms with Gasteiger partial charge >= 0.3 is 0 Å². The maximum absolute atomic E-state index is 6.81.